The van der Waals surface area contributed by atoms with E-state index in [9.17, 15) is 5.26 Å². The lowest BCUT2D eigenvalue weighted by Crippen LogP contribution is -1.97. The number of aromatic nitrogens is 1. The van der Waals surface area contributed by atoms with Crippen LogP contribution in [0.15, 0.2) is 48.7 Å². The van der Waals surface area contributed by atoms with Crippen molar-refractivity contribution in [3.05, 3.63) is 65.4 Å². The summed E-state index contributed by atoms with van der Waals surface area (Å²) in [5.41, 5.74) is 5.61. The summed E-state index contributed by atoms with van der Waals surface area (Å²) in [6.07, 6.45) is 1.62. The molecule has 3 rings (SSSR count). The second-order valence-electron chi connectivity index (χ2n) is 5.18. The molecule has 1 N–H and O–H groups in total. The van der Waals surface area contributed by atoms with Crippen molar-refractivity contribution in [3.8, 4) is 6.07 Å². The number of nitrogens with one attached hydrogen (secondary N) is 1. The van der Waals surface area contributed by atoms with Gasteiger partial charge in [-0.3, -0.25) is 4.98 Å². The van der Waals surface area contributed by atoms with Crippen molar-refractivity contribution in [3.63, 3.8) is 0 Å². The van der Waals surface area contributed by atoms with E-state index in [2.05, 4.69) is 48.4 Å². The molecule has 102 valence electrons. The highest BCUT2D eigenvalue weighted by Crippen LogP contribution is 2.29. The van der Waals surface area contributed by atoms with Gasteiger partial charge < -0.3 is 5.32 Å². The normalized spacial score (nSPS) is 10.3. The summed E-state index contributed by atoms with van der Waals surface area (Å²) >= 11 is 0. The molecular weight excluding hydrogens is 258 g/mol. The van der Waals surface area contributed by atoms with Gasteiger partial charge in [-0.15, -0.1) is 0 Å². The lowest BCUT2D eigenvalue weighted by atomic mass is 10.1. The molecule has 0 aliphatic heterocycles. The number of fused-ring (bicyclic) bond motifs is 1. The lowest BCUT2D eigenvalue weighted by Gasteiger charge is -2.12. The maximum Gasteiger partial charge on any atom is 0.103 e. The third-order valence-corrected chi connectivity index (χ3v) is 3.39. The summed E-state index contributed by atoms with van der Waals surface area (Å²) in [4.78, 5) is 4.33. The van der Waals surface area contributed by atoms with Crippen LogP contribution in [0.3, 0.4) is 0 Å². The van der Waals surface area contributed by atoms with E-state index in [0.717, 1.165) is 22.3 Å². The van der Waals surface area contributed by atoms with Crippen molar-refractivity contribution in [2.75, 3.05) is 5.32 Å². The molecule has 0 spiro atoms. The van der Waals surface area contributed by atoms with Crippen LogP contribution in [0.2, 0.25) is 0 Å². The number of benzene rings is 2. The predicted molar refractivity (Wildman–Crippen MR) is 85.7 cm³/mol. The van der Waals surface area contributed by atoms with Gasteiger partial charge in [-0.05, 0) is 43.2 Å². The van der Waals surface area contributed by atoms with Gasteiger partial charge in [0.1, 0.15) is 6.07 Å². The molecular formula is C18H15N3. The SMILES string of the molecule is Cc1cc(C)cc(Nc2c(C#N)cnc3ccccc23)c1. The Hall–Kier alpha value is -2.86. The second-order valence-corrected chi connectivity index (χ2v) is 5.18. The molecule has 0 aliphatic rings. The fourth-order valence-electron chi connectivity index (χ4n) is 2.55. The highest BCUT2D eigenvalue weighted by molar-refractivity contribution is 5.95. The average Bonchev–Trinajstić information content (AvgIpc) is 2.46. The molecule has 1 heterocycles. The quantitative estimate of drug-likeness (QED) is 0.749. The molecule has 0 radical (unpaired) electrons. The van der Waals surface area contributed by atoms with E-state index in [1.54, 1.807) is 6.20 Å². The van der Waals surface area contributed by atoms with Crippen molar-refractivity contribution in [2.45, 2.75) is 13.8 Å². The van der Waals surface area contributed by atoms with Gasteiger partial charge in [0.2, 0.25) is 0 Å². The summed E-state index contributed by atoms with van der Waals surface area (Å²) in [5.74, 6) is 0. The number of hydrogen-bond donors (Lipinski definition) is 1. The van der Waals surface area contributed by atoms with Crippen molar-refractivity contribution in [1.82, 2.24) is 4.98 Å². The Balaban J connectivity index is 2.17. The first kappa shape index (κ1) is 13.1. The first-order valence-electron chi connectivity index (χ1n) is 6.80. The molecule has 1 aromatic heterocycles. The number of hydrogen-bond acceptors (Lipinski definition) is 3. The number of nitriles is 1. The summed E-state index contributed by atoms with van der Waals surface area (Å²) in [6, 6.07) is 16.3. The summed E-state index contributed by atoms with van der Waals surface area (Å²) in [6.45, 7) is 4.13. The smallest absolute Gasteiger partial charge is 0.103 e. The Morgan fingerprint density at radius 2 is 1.76 bits per heavy atom. The minimum Gasteiger partial charge on any atom is -0.354 e. The van der Waals surface area contributed by atoms with Crippen molar-refractivity contribution in [2.24, 2.45) is 0 Å². The zero-order valence-electron chi connectivity index (χ0n) is 12.0. The van der Waals surface area contributed by atoms with Crippen LogP contribution in [0.1, 0.15) is 16.7 Å². The minimum atomic E-state index is 0.549. The third-order valence-electron chi connectivity index (χ3n) is 3.39. The highest BCUT2D eigenvalue weighted by atomic mass is 14.9. The molecule has 0 atom stereocenters. The van der Waals surface area contributed by atoms with Crippen LogP contribution in [0.25, 0.3) is 10.9 Å². The fraction of sp³-hybridized carbons (Fsp3) is 0.111. The van der Waals surface area contributed by atoms with Gasteiger partial charge in [-0.25, -0.2) is 0 Å². The van der Waals surface area contributed by atoms with Gasteiger partial charge in [0.15, 0.2) is 0 Å². The van der Waals surface area contributed by atoms with Gasteiger partial charge >= 0.3 is 0 Å². The number of rotatable bonds is 2. The van der Waals surface area contributed by atoms with Crippen LogP contribution in [0.5, 0.6) is 0 Å². The van der Waals surface area contributed by atoms with Crippen LogP contribution in [-0.4, -0.2) is 4.98 Å². The van der Waals surface area contributed by atoms with Gasteiger partial charge in [-0.1, -0.05) is 24.3 Å². The first-order chi connectivity index (χ1) is 10.2. The van der Waals surface area contributed by atoms with E-state index in [0.29, 0.717) is 5.56 Å². The van der Waals surface area contributed by atoms with Gasteiger partial charge in [0, 0.05) is 17.3 Å². The molecule has 0 fully saturated rings. The zero-order chi connectivity index (χ0) is 14.8. The molecule has 0 bridgehead atoms. The lowest BCUT2D eigenvalue weighted by molar-refractivity contribution is 1.35. The first-order valence-corrected chi connectivity index (χ1v) is 6.80. The Morgan fingerprint density at radius 1 is 1.05 bits per heavy atom. The number of aryl methyl sites for hydroxylation is 2. The summed E-state index contributed by atoms with van der Waals surface area (Å²) in [5, 5.41) is 13.7. The van der Waals surface area contributed by atoms with E-state index < -0.39 is 0 Å². The molecule has 0 amide bonds. The number of anilines is 2. The fourth-order valence-corrected chi connectivity index (χ4v) is 2.55. The highest BCUT2D eigenvalue weighted by Gasteiger charge is 2.09. The minimum absolute atomic E-state index is 0.549. The van der Waals surface area contributed by atoms with E-state index >= 15 is 0 Å². The predicted octanol–water partition coefficient (Wildman–Crippen LogP) is 4.47. The Labute approximate surface area is 123 Å². The summed E-state index contributed by atoms with van der Waals surface area (Å²) in [7, 11) is 0. The standard InChI is InChI=1S/C18H15N3/c1-12-7-13(2)9-15(8-12)21-18-14(10-19)11-20-17-6-4-3-5-16(17)18/h3-9,11H,1-2H3,(H,20,21). The summed E-state index contributed by atoms with van der Waals surface area (Å²) < 4.78 is 0. The third kappa shape index (κ3) is 2.56. The number of nitrogens with zero attached hydrogens (tertiary/aromatic N) is 2. The Morgan fingerprint density at radius 3 is 2.48 bits per heavy atom. The van der Waals surface area contributed by atoms with Gasteiger partial charge in [-0.2, -0.15) is 5.26 Å². The molecule has 3 aromatic rings. The Kier molecular flexibility index (Phi) is 3.29. The largest absolute Gasteiger partial charge is 0.354 e. The van der Waals surface area contributed by atoms with Crippen LogP contribution < -0.4 is 5.32 Å². The molecule has 3 nitrogen and oxygen atoms in total. The maximum atomic E-state index is 9.34. The van der Waals surface area contributed by atoms with E-state index in [1.807, 2.05) is 24.3 Å². The topological polar surface area (TPSA) is 48.7 Å². The van der Waals surface area contributed by atoms with Crippen LogP contribution in [-0.2, 0) is 0 Å². The van der Waals surface area contributed by atoms with E-state index in [4.69, 9.17) is 0 Å². The van der Waals surface area contributed by atoms with Crippen molar-refractivity contribution in [1.29, 1.82) is 5.26 Å². The number of para-hydroxylation sites is 1. The average molecular weight is 273 g/mol. The molecule has 0 aliphatic carbocycles. The molecule has 0 saturated heterocycles. The monoisotopic (exact) mass is 273 g/mol. The van der Waals surface area contributed by atoms with Crippen LogP contribution in [0, 0.1) is 25.2 Å². The van der Waals surface area contributed by atoms with Crippen molar-refractivity contribution >= 4 is 22.3 Å². The van der Waals surface area contributed by atoms with Crippen LogP contribution >= 0.6 is 0 Å². The van der Waals surface area contributed by atoms with Gasteiger partial charge in [0.25, 0.3) is 0 Å². The second kappa shape index (κ2) is 5.26. The molecule has 3 heteroatoms. The zero-order valence-corrected chi connectivity index (χ0v) is 12.0. The molecule has 0 unspecified atom stereocenters. The van der Waals surface area contributed by atoms with Crippen molar-refractivity contribution < 1.29 is 0 Å². The van der Waals surface area contributed by atoms with Crippen LogP contribution in [0.4, 0.5) is 11.4 Å². The number of pyridine rings is 1. The Bertz CT molecular complexity index is 840. The maximum absolute atomic E-state index is 9.34. The van der Waals surface area contributed by atoms with E-state index in [-0.39, 0.29) is 0 Å². The molecule has 2 aromatic carbocycles. The molecule has 0 saturated carbocycles. The molecule has 21 heavy (non-hydrogen) atoms. The van der Waals surface area contributed by atoms with Gasteiger partial charge in [0.05, 0.1) is 16.8 Å². The van der Waals surface area contributed by atoms with E-state index in [1.165, 1.54) is 11.1 Å².